The Balaban J connectivity index is 0.000000396. The number of halogens is 2. The van der Waals surface area contributed by atoms with Crippen LogP contribution in [0.4, 0.5) is 0 Å². The number of hydrogen-bond donors (Lipinski definition) is 0. The summed E-state index contributed by atoms with van der Waals surface area (Å²) in [5.74, 6) is 0. The second-order valence-electron chi connectivity index (χ2n) is 3.19. The third kappa shape index (κ3) is 8.57. The minimum atomic E-state index is -1.07. The molecule has 0 spiro atoms. The van der Waals surface area contributed by atoms with Gasteiger partial charge in [0.15, 0.2) is 17.4 Å². The monoisotopic (exact) mass is 328 g/mol. The molecule has 1 aromatic rings. The Labute approximate surface area is 126 Å². The van der Waals surface area contributed by atoms with Gasteiger partial charge in [-0.2, -0.15) is 0 Å². The quantitative estimate of drug-likeness (QED) is 0.782. The standard InChI is InChI=1S/C9H9ClO2.C2H6O2S.CH3Cl/c10-8-3-1-7(2-4-8)9-11-5-6-12-9;1-4-5(2)3;1-2/h1-4,9H,5-6H2;1-2H3;1H3. The Morgan fingerprint density at radius 1 is 1.21 bits per heavy atom. The Morgan fingerprint density at radius 3 is 2.00 bits per heavy atom. The lowest BCUT2D eigenvalue weighted by molar-refractivity contribution is -0.0441. The maximum absolute atomic E-state index is 9.70. The van der Waals surface area contributed by atoms with E-state index >= 15 is 0 Å². The van der Waals surface area contributed by atoms with E-state index in [0.29, 0.717) is 13.2 Å². The van der Waals surface area contributed by atoms with Crippen LogP contribution in [-0.4, -0.2) is 37.2 Å². The van der Waals surface area contributed by atoms with Crippen molar-refractivity contribution in [2.24, 2.45) is 0 Å². The van der Waals surface area contributed by atoms with E-state index in [1.54, 1.807) is 0 Å². The molecule has 0 aromatic heterocycles. The number of alkyl halides is 1. The van der Waals surface area contributed by atoms with Gasteiger partial charge in [0.1, 0.15) is 0 Å². The second kappa shape index (κ2) is 11.6. The highest BCUT2D eigenvalue weighted by molar-refractivity contribution is 7.79. The summed E-state index contributed by atoms with van der Waals surface area (Å²) in [5.41, 5.74) is 1.02. The van der Waals surface area contributed by atoms with Crippen molar-refractivity contribution in [1.82, 2.24) is 0 Å². The first-order chi connectivity index (χ1) is 9.13. The van der Waals surface area contributed by atoms with E-state index in [2.05, 4.69) is 15.8 Å². The van der Waals surface area contributed by atoms with Gasteiger partial charge < -0.3 is 9.47 Å². The zero-order chi connectivity index (χ0) is 14.7. The minimum Gasteiger partial charge on any atom is -0.346 e. The predicted octanol–water partition coefficient (Wildman–Crippen LogP) is 3.17. The number of rotatable bonds is 2. The Bertz CT molecular complexity index is 353. The first kappa shape index (κ1) is 18.8. The van der Waals surface area contributed by atoms with E-state index in [9.17, 15) is 4.21 Å². The molecule has 0 radical (unpaired) electrons. The molecule has 0 amide bonds. The van der Waals surface area contributed by atoms with Crippen LogP contribution in [0.15, 0.2) is 24.3 Å². The molecule has 1 aliphatic rings. The maximum atomic E-state index is 9.70. The van der Waals surface area contributed by atoms with Crippen LogP contribution >= 0.6 is 23.2 Å². The Hall–Kier alpha value is -0.170. The van der Waals surface area contributed by atoms with Gasteiger partial charge in [0, 0.05) is 23.2 Å². The normalized spacial score (nSPS) is 15.8. The molecule has 1 aliphatic heterocycles. The number of hydrogen-bond acceptors (Lipinski definition) is 4. The molecular weight excluding hydrogens is 311 g/mol. The third-order valence-corrected chi connectivity index (χ3v) is 2.72. The molecule has 2 rings (SSSR count). The number of benzene rings is 1. The molecule has 0 aliphatic carbocycles. The number of ether oxygens (including phenoxy) is 2. The lowest BCUT2D eigenvalue weighted by Gasteiger charge is -2.08. The van der Waals surface area contributed by atoms with E-state index < -0.39 is 11.1 Å². The lowest BCUT2D eigenvalue weighted by Crippen LogP contribution is -1.96. The molecule has 1 aromatic carbocycles. The highest BCUT2D eigenvalue weighted by Crippen LogP contribution is 2.23. The second-order valence-corrected chi connectivity index (χ2v) is 4.77. The van der Waals surface area contributed by atoms with Crippen molar-refractivity contribution in [2.45, 2.75) is 6.29 Å². The molecule has 1 fully saturated rings. The minimum absolute atomic E-state index is 0.192. The third-order valence-electron chi connectivity index (χ3n) is 2.00. The van der Waals surface area contributed by atoms with Crippen LogP contribution in [0.1, 0.15) is 11.9 Å². The molecule has 0 saturated carbocycles. The molecule has 1 heterocycles. The lowest BCUT2D eigenvalue weighted by atomic mass is 10.2. The highest BCUT2D eigenvalue weighted by atomic mass is 35.5. The molecule has 4 nitrogen and oxygen atoms in total. The summed E-state index contributed by atoms with van der Waals surface area (Å²) in [6, 6.07) is 7.50. The smallest absolute Gasteiger partial charge is 0.184 e. The summed E-state index contributed by atoms with van der Waals surface area (Å²) in [5, 5.41) is 0.733. The van der Waals surface area contributed by atoms with Gasteiger partial charge in [-0.15, -0.1) is 11.6 Å². The predicted molar refractivity (Wildman–Crippen MR) is 78.9 cm³/mol. The zero-order valence-corrected chi connectivity index (χ0v) is 13.4. The van der Waals surface area contributed by atoms with Crippen LogP contribution < -0.4 is 0 Å². The molecule has 1 atom stereocenters. The summed E-state index contributed by atoms with van der Waals surface area (Å²) >= 11 is 9.30. The van der Waals surface area contributed by atoms with Crippen LogP contribution in [0.2, 0.25) is 5.02 Å². The van der Waals surface area contributed by atoms with E-state index in [1.165, 1.54) is 19.7 Å². The Morgan fingerprint density at radius 2 is 1.63 bits per heavy atom. The van der Waals surface area contributed by atoms with Crippen LogP contribution in [-0.2, 0) is 24.7 Å². The summed E-state index contributed by atoms with van der Waals surface area (Å²) in [7, 11) is 1.40. The van der Waals surface area contributed by atoms with Crippen molar-refractivity contribution < 1.29 is 17.9 Å². The SMILES string of the molecule is CCl.COS(C)=O.Clc1ccc(C2OCCO2)cc1. The van der Waals surface area contributed by atoms with Gasteiger partial charge in [-0.25, -0.2) is 4.21 Å². The van der Waals surface area contributed by atoms with Crippen molar-refractivity contribution in [3.8, 4) is 0 Å². The van der Waals surface area contributed by atoms with Gasteiger partial charge >= 0.3 is 0 Å². The van der Waals surface area contributed by atoms with Crippen molar-refractivity contribution in [1.29, 1.82) is 0 Å². The molecule has 7 heteroatoms. The first-order valence-electron chi connectivity index (χ1n) is 5.38. The van der Waals surface area contributed by atoms with Crippen LogP contribution in [0.25, 0.3) is 0 Å². The van der Waals surface area contributed by atoms with E-state index in [0.717, 1.165) is 10.6 Å². The highest BCUT2D eigenvalue weighted by Gasteiger charge is 2.17. The topological polar surface area (TPSA) is 44.8 Å². The molecule has 110 valence electrons. The Kier molecular flexibility index (Phi) is 11.5. The van der Waals surface area contributed by atoms with Gasteiger partial charge in [0.25, 0.3) is 0 Å². The van der Waals surface area contributed by atoms with Crippen molar-refractivity contribution in [2.75, 3.05) is 33.0 Å². The van der Waals surface area contributed by atoms with Gasteiger partial charge in [-0.3, -0.25) is 4.18 Å². The summed E-state index contributed by atoms with van der Waals surface area (Å²) in [4.78, 5) is 0. The average Bonchev–Trinajstić information content (AvgIpc) is 2.96. The van der Waals surface area contributed by atoms with E-state index in [4.69, 9.17) is 21.1 Å². The van der Waals surface area contributed by atoms with Gasteiger partial charge in [0.05, 0.1) is 20.3 Å². The van der Waals surface area contributed by atoms with Crippen LogP contribution in [0.5, 0.6) is 0 Å². The molecule has 0 N–H and O–H groups in total. The largest absolute Gasteiger partial charge is 0.346 e. The van der Waals surface area contributed by atoms with Crippen LogP contribution in [0, 0.1) is 0 Å². The van der Waals surface area contributed by atoms with E-state index in [1.807, 2.05) is 24.3 Å². The molecule has 1 unspecified atom stereocenters. The van der Waals surface area contributed by atoms with Gasteiger partial charge in [-0.05, 0) is 12.1 Å². The van der Waals surface area contributed by atoms with Crippen molar-refractivity contribution in [3.05, 3.63) is 34.9 Å². The summed E-state index contributed by atoms with van der Waals surface area (Å²) in [6.07, 6.45) is 2.75. The summed E-state index contributed by atoms with van der Waals surface area (Å²) < 4.78 is 24.6. The fourth-order valence-corrected chi connectivity index (χ4v) is 1.30. The van der Waals surface area contributed by atoms with Gasteiger partial charge in [-0.1, -0.05) is 23.7 Å². The molecule has 0 bridgehead atoms. The average molecular weight is 329 g/mol. The molecular formula is C12H18Cl2O4S. The molecule has 1 saturated heterocycles. The fourth-order valence-electron chi connectivity index (χ4n) is 1.17. The first-order valence-corrected chi connectivity index (χ1v) is 7.99. The van der Waals surface area contributed by atoms with Crippen molar-refractivity contribution in [3.63, 3.8) is 0 Å². The zero-order valence-electron chi connectivity index (χ0n) is 11.1. The van der Waals surface area contributed by atoms with Crippen molar-refractivity contribution >= 4 is 34.3 Å². The van der Waals surface area contributed by atoms with Gasteiger partial charge in [0.2, 0.25) is 0 Å². The summed E-state index contributed by atoms with van der Waals surface area (Å²) in [6.45, 7) is 1.35. The maximum Gasteiger partial charge on any atom is 0.184 e. The van der Waals surface area contributed by atoms with E-state index in [-0.39, 0.29) is 6.29 Å². The van der Waals surface area contributed by atoms with Crippen LogP contribution in [0.3, 0.4) is 0 Å². The molecule has 19 heavy (non-hydrogen) atoms. The fraction of sp³-hybridized carbons (Fsp3) is 0.500.